The second-order valence-electron chi connectivity index (χ2n) is 3.47. The summed E-state index contributed by atoms with van der Waals surface area (Å²) in [5, 5.41) is 0.327. The van der Waals surface area contributed by atoms with Crippen molar-refractivity contribution < 1.29 is 0 Å². The van der Waals surface area contributed by atoms with Crippen LogP contribution in [0.5, 0.6) is 0 Å². The molecule has 0 unspecified atom stereocenters. The summed E-state index contributed by atoms with van der Waals surface area (Å²) in [6.45, 7) is 1.78. The molecule has 1 nitrogen and oxygen atoms in total. The molecule has 0 aliphatic carbocycles. The molecule has 1 aromatic carbocycles. The highest BCUT2D eigenvalue weighted by molar-refractivity contribution is 6.37. The smallest absolute Gasteiger partial charge is 0.0903 e. The van der Waals surface area contributed by atoms with E-state index in [4.69, 9.17) is 15.7 Å². The molecule has 0 N–H and O–H groups in total. The van der Waals surface area contributed by atoms with Gasteiger partial charge in [-0.15, -0.1) is 0 Å². The van der Waals surface area contributed by atoms with Crippen LogP contribution in [0.15, 0.2) is 36.5 Å². The molecule has 4 radical (unpaired) electrons. The largest absolute Gasteiger partial charge is 0.359 e. The van der Waals surface area contributed by atoms with E-state index in [1.807, 2.05) is 41.1 Å². The summed E-state index contributed by atoms with van der Waals surface area (Å²) in [4.78, 5) is 0. The molecule has 0 spiro atoms. The van der Waals surface area contributed by atoms with E-state index in [0.717, 1.165) is 10.9 Å². The highest BCUT2D eigenvalue weighted by Gasteiger charge is 2.13. The third-order valence-electron chi connectivity index (χ3n) is 2.12. The molecule has 13 heavy (non-hydrogen) atoms. The van der Waals surface area contributed by atoms with Gasteiger partial charge in [0.05, 0.1) is 15.7 Å². The Balaban J connectivity index is 2.72. The molecule has 2 aromatic rings. The summed E-state index contributed by atoms with van der Waals surface area (Å²) < 4.78 is 1.86. The van der Waals surface area contributed by atoms with Gasteiger partial charge in [0, 0.05) is 11.7 Å². The van der Waals surface area contributed by atoms with E-state index in [9.17, 15) is 0 Å². The van der Waals surface area contributed by atoms with Crippen LogP contribution in [0.25, 0.3) is 10.9 Å². The number of benzene rings is 1. The molecule has 0 fully saturated rings. The van der Waals surface area contributed by atoms with E-state index in [2.05, 4.69) is 0 Å². The van der Waals surface area contributed by atoms with Crippen molar-refractivity contribution in [1.29, 1.82) is 0 Å². The lowest BCUT2D eigenvalue weighted by Gasteiger charge is -2.23. The van der Waals surface area contributed by atoms with Crippen molar-refractivity contribution in [3.8, 4) is 0 Å². The number of rotatable bonds is 1. The van der Waals surface area contributed by atoms with E-state index >= 15 is 0 Å². The van der Waals surface area contributed by atoms with Crippen molar-refractivity contribution in [2.24, 2.45) is 0 Å². The van der Waals surface area contributed by atoms with Crippen LogP contribution in [0, 0.1) is 0 Å². The van der Waals surface area contributed by atoms with Gasteiger partial charge in [0.1, 0.15) is 0 Å². The number of para-hydroxylation sites is 1. The Morgan fingerprint density at radius 1 is 1.15 bits per heavy atom. The standard InChI is InChI=1S/C10H9B2N/c1-10(11,12)13-7-6-8-4-2-3-5-9(8)13/h2-7H,1H3. The van der Waals surface area contributed by atoms with Gasteiger partial charge in [-0.3, -0.25) is 0 Å². The van der Waals surface area contributed by atoms with Gasteiger partial charge in [-0.2, -0.15) is 0 Å². The lowest BCUT2D eigenvalue weighted by atomic mass is 9.63. The fourth-order valence-electron chi connectivity index (χ4n) is 1.50. The third-order valence-corrected chi connectivity index (χ3v) is 2.12. The monoisotopic (exact) mass is 165 g/mol. The number of hydrogen-bond acceptors (Lipinski definition) is 0. The molecule has 0 aliphatic rings. The van der Waals surface area contributed by atoms with Crippen molar-refractivity contribution in [2.75, 3.05) is 0 Å². The Kier molecular flexibility index (Phi) is 1.76. The van der Waals surface area contributed by atoms with Crippen LogP contribution in [0.2, 0.25) is 0 Å². The molecule has 0 saturated heterocycles. The molecule has 0 saturated carbocycles. The molecular formula is C10H9B2N. The molecule has 2 rings (SSSR count). The first-order valence-electron chi connectivity index (χ1n) is 4.23. The van der Waals surface area contributed by atoms with Crippen molar-refractivity contribution in [1.82, 2.24) is 4.57 Å². The van der Waals surface area contributed by atoms with Gasteiger partial charge in [-0.1, -0.05) is 25.1 Å². The minimum Gasteiger partial charge on any atom is -0.359 e. The molecule has 1 aromatic heterocycles. The molecule has 60 valence electrons. The van der Waals surface area contributed by atoms with Gasteiger partial charge in [-0.25, -0.2) is 0 Å². The Bertz CT molecular complexity index is 426. The van der Waals surface area contributed by atoms with Crippen molar-refractivity contribution in [3.63, 3.8) is 0 Å². The van der Waals surface area contributed by atoms with Crippen molar-refractivity contribution in [2.45, 2.75) is 12.3 Å². The van der Waals surface area contributed by atoms with Crippen LogP contribution in [0.4, 0.5) is 0 Å². The number of aromatic nitrogens is 1. The zero-order valence-electron chi connectivity index (χ0n) is 7.57. The Hall–Kier alpha value is -1.11. The number of fused-ring (bicyclic) bond motifs is 1. The summed E-state index contributed by atoms with van der Waals surface area (Å²) in [7, 11) is 11.6. The van der Waals surface area contributed by atoms with Crippen LogP contribution in [-0.2, 0) is 5.34 Å². The van der Waals surface area contributed by atoms with Crippen LogP contribution >= 0.6 is 0 Å². The SMILES string of the molecule is [B]C([B])(C)n1ccc2ccccc21. The Labute approximate surface area is 80.6 Å². The van der Waals surface area contributed by atoms with Gasteiger partial charge in [0.25, 0.3) is 0 Å². The van der Waals surface area contributed by atoms with Crippen LogP contribution in [0.1, 0.15) is 6.92 Å². The van der Waals surface area contributed by atoms with Crippen molar-refractivity contribution >= 4 is 26.6 Å². The fraction of sp³-hybridized carbons (Fsp3) is 0.200. The lowest BCUT2D eigenvalue weighted by molar-refractivity contribution is 0.680. The molecule has 3 heteroatoms. The Morgan fingerprint density at radius 2 is 1.85 bits per heavy atom. The summed E-state index contributed by atoms with van der Waals surface area (Å²) in [5.41, 5.74) is 1.06. The average molecular weight is 165 g/mol. The fourth-order valence-corrected chi connectivity index (χ4v) is 1.50. The molecular weight excluding hydrogens is 156 g/mol. The zero-order chi connectivity index (χ0) is 9.47. The van der Waals surface area contributed by atoms with Crippen LogP contribution in [0.3, 0.4) is 0 Å². The zero-order valence-corrected chi connectivity index (χ0v) is 7.57. The minimum absolute atomic E-state index is 0.830. The molecule has 1 heterocycles. The maximum absolute atomic E-state index is 5.81. The number of nitrogens with zero attached hydrogens (tertiary/aromatic N) is 1. The van der Waals surface area contributed by atoms with E-state index in [0.29, 0.717) is 0 Å². The first kappa shape index (κ1) is 8.49. The third kappa shape index (κ3) is 1.39. The van der Waals surface area contributed by atoms with Gasteiger partial charge >= 0.3 is 0 Å². The quantitative estimate of drug-likeness (QED) is 0.565. The van der Waals surface area contributed by atoms with Gasteiger partial charge in [-0.05, 0) is 22.9 Å². The molecule has 0 bridgehead atoms. The van der Waals surface area contributed by atoms with E-state index in [1.54, 1.807) is 6.92 Å². The highest BCUT2D eigenvalue weighted by atomic mass is 15.0. The summed E-state index contributed by atoms with van der Waals surface area (Å²) >= 11 is 0. The van der Waals surface area contributed by atoms with Gasteiger partial charge < -0.3 is 4.57 Å². The maximum atomic E-state index is 5.81. The normalized spacial score (nSPS) is 12.1. The topological polar surface area (TPSA) is 4.93 Å². The maximum Gasteiger partial charge on any atom is 0.0903 e. The Morgan fingerprint density at radius 3 is 2.54 bits per heavy atom. The van der Waals surface area contributed by atoms with Gasteiger partial charge in [0.15, 0.2) is 0 Å². The predicted molar refractivity (Wildman–Crippen MR) is 57.1 cm³/mol. The summed E-state index contributed by atoms with van der Waals surface area (Å²) in [6, 6.07) is 10.0. The van der Waals surface area contributed by atoms with E-state index in [1.165, 1.54) is 0 Å². The average Bonchev–Trinajstić information content (AvgIpc) is 2.45. The predicted octanol–water partition coefficient (Wildman–Crippen LogP) is 1.61. The second-order valence-corrected chi connectivity index (χ2v) is 3.47. The highest BCUT2D eigenvalue weighted by Crippen LogP contribution is 2.19. The van der Waals surface area contributed by atoms with E-state index < -0.39 is 5.34 Å². The number of hydrogen-bond donors (Lipinski definition) is 0. The van der Waals surface area contributed by atoms with Gasteiger partial charge in [0.2, 0.25) is 0 Å². The molecule has 0 aliphatic heterocycles. The lowest BCUT2D eigenvalue weighted by Crippen LogP contribution is -2.29. The van der Waals surface area contributed by atoms with E-state index in [-0.39, 0.29) is 0 Å². The first-order chi connectivity index (χ1) is 6.09. The molecule has 0 amide bonds. The second kappa shape index (κ2) is 2.69. The molecule has 0 atom stereocenters. The summed E-state index contributed by atoms with van der Waals surface area (Å²) in [6.07, 6.45) is 1.91. The van der Waals surface area contributed by atoms with Crippen LogP contribution in [-0.4, -0.2) is 20.3 Å². The first-order valence-corrected chi connectivity index (χ1v) is 4.23. The van der Waals surface area contributed by atoms with Crippen molar-refractivity contribution in [3.05, 3.63) is 36.5 Å². The summed E-state index contributed by atoms with van der Waals surface area (Å²) in [5.74, 6) is 0. The minimum atomic E-state index is -0.830. The van der Waals surface area contributed by atoms with Crippen LogP contribution < -0.4 is 0 Å².